The van der Waals surface area contributed by atoms with Crippen LogP contribution in [0.25, 0.3) is 0 Å². The van der Waals surface area contributed by atoms with E-state index in [1.807, 2.05) is 84.6 Å². The number of hydrogen-bond acceptors (Lipinski definition) is 4. The highest BCUT2D eigenvalue weighted by molar-refractivity contribution is 5.94. The summed E-state index contributed by atoms with van der Waals surface area (Å²) >= 11 is 0. The Morgan fingerprint density at radius 1 is 0.868 bits per heavy atom. The van der Waals surface area contributed by atoms with Crippen LogP contribution >= 0.6 is 0 Å². The minimum Gasteiger partial charge on any atom is -0.465 e. The van der Waals surface area contributed by atoms with Crippen molar-refractivity contribution < 1.29 is 19.1 Å². The second-order valence-electron chi connectivity index (χ2n) is 10.1. The molecule has 0 saturated carbocycles. The van der Waals surface area contributed by atoms with Crippen molar-refractivity contribution in [3.63, 3.8) is 0 Å². The van der Waals surface area contributed by atoms with Crippen LogP contribution in [0.4, 0.5) is 0 Å². The quantitative estimate of drug-likeness (QED) is 0.482. The molecule has 196 valence electrons. The summed E-state index contributed by atoms with van der Waals surface area (Å²) in [6, 6.07) is 26.9. The van der Waals surface area contributed by atoms with Crippen molar-refractivity contribution >= 4 is 17.8 Å². The molecule has 0 unspecified atom stereocenters. The number of nitrogens with zero attached hydrogens (tertiary/aromatic N) is 1. The van der Waals surface area contributed by atoms with Crippen LogP contribution in [0.2, 0.25) is 0 Å². The zero-order chi connectivity index (χ0) is 26.5. The molecule has 0 spiro atoms. The van der Waals surface area contributed by atoms with E-state index < -0.39 is 5.41 Å². The maximum Gasteiger partial charge on any atom is 0.321 e. The number of amides is 2. The summed E-state index contributed by atoms with van der Waals surface area (Å²) in [5, 5.41) is 3.11. The number of esters is 1. The van der Waals surface area contributed by atoms with Crippen molar-refractivity contribution in [3.8, 4) is 0 Å². The number of ether oxygens (including phenoxy) is 1. The summed E-state index contributed by atoms with van der Waals surface area (Å²) in [7, 11) is 0. The maximum atomic E-state index is 13.8. The van der Waals surface area contributed by atoms with E-state index in [0.29, 0.717) is 38.1 Å². The van der Waals surface area contributed by atoms with E-state index >= 15 is 0 Å². The number of nitrogens with one attached hydrogen (secondary N) is 1. The van der Waals surface area contributed by atoms with Crippen LogP contribution < -0.4 is 5.32 Å². The van der Waals surface area contributed by atoms with Crippen LogP contribution in [0.3, 0.4) is 0 Å². The second kappa shape index (κ2) is 11.2. The van der Waals surface area contributed by atoms with Crippen molar-refractivity contribution in [2.45, 2.75) is 50.0 Å². The van der Waals surface area contributed by atoms with Gasteiger partial charge in [0.2, 0.25) is 5.91 Å². The monoisotopic (exact) mass is 510 g/mol. The lowest BCUT2D eigenvalue weighted by molar-refractivity contribution is -0.149. The van der Waals surface area contributed by atoms with Crippen molar-refractivity contribution in [3.05, 3.63) is 107 Å². The lowest BCUT2D eigenvalue weighted by atomic mass is 9.63. The summed E-state index contributed by atoms with van der Waals surface area (Å²) < 4.78 is 5.61. The average molecular weight is 511 g/mol. The van der Waals surface area contributed by atoms with Gasteiger partial charge in [-0.1, -0.05) is 72.8 Å². The molecule has 2 amide bonds. The zero-order valence-corrected chi connectivity index (χ0v) is 21.8. The van der Waals surface area contributed by atoms with Crippen LogP contribution in [-0.2, 0) is 19.7 Å². The Bertz CT molecular complexity index is 1290. The molecule has 5 rings (SSSR count). The van der Waals surface area contributed by atoms with Crippen LogP contribution in [0.5, 0.6) is 0 Å². The molecule has 1 aliphatic carbocycles. The summed E-state index contributed by atoms with van der Waals surface area (Å²) in [5.74, 6) is -0.559. The summed E-state index contributed by atoms with van der Waals surface area (Å²) in [4.78, 5) is 41.9. The zero-order valence-electron chi connectivity index (χ0n) is 21.8. The van der Waals surface area contributed by atoms with Crippen molar-refractivity contribution in [2.75, 3.05) is 19.7 Å². The third kappa shape index (κ3) is 4.83. The molecule has 1 N–H and O–H groups in total. The number of fused-ring (bicyclic) bond motifs is 1. The molecule has 0 radical (unpaired) electrons. The first-order chi connectivity index (χ1) is 18.5. The number of piperidine rings is 1. The van der Waals surface area contributed by atoms with E-state index in [0.717, 1.165) is 29.5 Å². The molecule has 38 heavy (non-hydrogen) atoms. The Balaban J connectivity index is 1.34. The largest absolute Gasteiger partial charge is 0.465 e. The van der Waals surface area contributed by atoms with E-state index in [9.17, 15) is 14.4 Å². The first-order valence-electron chi connectivity index (χ1n) is 13.5. The fourth-order valence-electron chi connectivity index (χ4n) is 6.03. The summed E-state index contributed by atoms with van der Waals surface area (Å²) in [6.45, 7) is 3.31. The van der Waals surface area contributed by atoms with Gasteiger partial charge in [-0.05, 0) is 61.4 Å². The highest BCUT2D eigenvalue weighted by Crippen LogP contribution is 2.48. The lowest BCUT2D eigenvalue weighted by Gasteiger charge is -2.42. The van der Waals surface area contributed by atoms with Gasteiger partial charge >= 0.3 is 5.97 Å². The van der Waals surface area contributed by atoms with Gasteiger partial charge in [-0.2, -0.15) is 0 Å². The number of likely N-dealkylation sites (tertiary alicyclic amines) is 1. The topological polar surface area (TPSA) is 75.7 Å². The minimum atomic E-state index is -0.931. The molecule has 1 fully saturated rings. The fraction of sp³-hybridized carbons (Fsp3) is 0.344. The third-order valence-electron chi connectivity index (χ3n) is 7.97. The fourth-order valence-corrected chi connectivity index (χ4v) is 6.03. The first kappa shape index (κ1) is 25.7. The highest BCUT2D eigenvalue weighted by atomic mass is 16.5. The Kier molecular flexibility index (Phi) is 7.59. The Hall–Kier alpha value is -3.93. The lowest BCUT2D eigenvalue weighted by Crippen LogP contribution is -2.49. The first-order valence-corrected chi connectivity index (χ1v) is 13.5. The van der Waals surface area contributed by atoms with E-state index in [1.54, 1.807) is 12.1 Å². The number of hydrogen-bond donors (Lipinski definition) is 1. The van der Waals surface area contributed by atoms with Crippen molar-refractivity contribution in [1.29, 1.82) is 0 Å². The smallest absolute Gasteiger partial charge is 0.321 e. The Labute approximate surface area is 224 Å². The summed E-state index contributed by atoms with van der Waals surface area (Å²) in [5.41, 5.74) is 2.37. The number of benzene rings is 3. The van der Waals surface area contributed by atoms with E-state index in [4.69, 9.17) is 4.74 Å². The van der Waals surface area contributed by atoms with Crippen LogP contribution in [0, 0.1) is 0 Å². The summed E-state index contributed by atoms with van der Waals surface area (Å²) in [6.07, 6.45) is 2.51. The van der Waals surface area contributed by atoms with Crippen LogP contribution in [0.1, 0.15) is 65.6 Å². The normalized spacial score (nSPS) is 21.3. The van der Waals surface area contributed by atoms with Gasteiger partial charge in [0.15, 0.2) is 0 Å². The molecule has 2 aliphatic rings. The molecule has 0 aromatic heterocycles. The molecule has 3 aromatic carbocycles. The minimum absolute atomic E-state index is 0.0416. The molecule has 3 aromatic rings. The van der Waals surface area contributed by atoms with Crippen molar-refractivity contribution in [1.82, 2.24) is 10.2 Å². The van der Waals surface area contributed by atoms with Gasteiger partial charge in [0.1, 0.15) is 5.41 Å². The molecule has 1 aliphatic heterocycles. The van der Waals surface area contributed by atoms with Gasteiger partial charge in [-0.15, -0.1) is 0 Å². The molecule has 6 nitrogen and oxygen atoms in total. The number of carbonyl (C=O) groups excluding carboxylic acids is 3. The van der Waals surface area contributed by atoms with Crippen LogP contribution in [0.15, 0.2) is 84.9 Å². The highest BCUT2D eigenvalue weighted by Gasteiger charge is 2.50. The maximum absolute atomic E-state index is 13.8. The van der Waals surface area contributed by atoms with Gasteiger partial charge in [0, 0.05) is 24.7 Å². The van der Waals surface area contributed by atoms with E-state index in [2.05, 4.69) is 5.32 Å². The van der Waals surface area contributed by atoms with Gasteiger partial charge in [0.05, 0.1) is 12.5 Å². The van der Waals surface area contributed by atoms with Gasteiger partial charge in [-0.3, -0.25) is 14.4 Å². The van der Waals surface area contributed by atoms with Crippen molar-refractivity contribution in [2.24, 2.45) is 0 Å². The van der Waals surface area contributed by atoms with E-state index in [1.165, 1.54) is 0 Å². The second-order valence-corrected chi connectivity index (χ2v) is 10.1. The van der Waals surface area contributed by atoms with Gasteiger partial charge < -0.3 is 15.0 Å². The number of rotatable bonds is 6. The SMILES string of the molecule is CCOC(=O)[C@@]1(c2ccccc2)CC[C@H](C(=O)N2CCC(NC(=O)c3ccccc3)CC2)c2ccccc21. The van der Waals surface area contributed by atoms with Gasteiger partial charge in [-0.25, -0.2) is 0 Å². The molecule has 0 bridgehead atoms. The molecular formula is C32H34N2O4. The predicted octanol–water partition coefficient (Wildman–Crippen LogP) is 4.83. The average Bonchev–Trinajstić information content (AvgIpc) is 2.97. The third-order valence-corrected chi connectivity index (χ3v) is 7.97. The predicted molar refractivity (Wildman–Crippen MR) is 146 cm³/mol. The van der Waals surface area contributed by atoms with Crippen LogP contribution in [-0.4, -0.2) is 48.4 Å². The Morgan fingerprint density at radius 3 is 2.18 bits per heavy atom. The Morgan fingerprint density at radius 2 is 1.50 bits per heavy atom. The standard InChI is InChI=1S/C32H34N2O4/c1-2-38-31(37)32(24-13-7-4-8-14-24)20-17-27(26-15-9-10-16-28(26)32)30(36)34-21-18-25(19-22-34)33-29(35)23-11-5-3-6-12-23/h3-16,25,27H,2,17-22H2,1H3,(H,33,35)/t27-,32+/m0/s1. The molecule has 2 atom stereocenters. The van der Waals surface area contributed by atoms with Gasteiger partial charge in [0.25, 0.3) is 5.91 Å². The van der Waals surface area contributed by atoms with E-state index in [-0.39, 0.29) is 29.7 Å². The molecule has 1 heterocycles. The molecule has 1 saturated heterocycles. The molecular weight excluding hydrogens is 476 g/mol. The molecule has 6 heteroatoms. The number of carbonyl (C=O) groups is 3.